The van der Waals surface area contributed by atoms with Crippen LogP contribution in [0.4, 0.5) is 8.78 Å². The van der Waals surface area contributed by atoms with Crippen LogP contribution in [0.5, 0.6) is 11.5 Å². The van der Waals surface area contributed by atoms with E-state index in [9.17, 15) is 13.6 Å². The summed E-state index contributed by atoms with van der Waals surface area (Å²) in [6, 6.07) is 7.21. The second kappa shape index (κ2) is 8.30. The SMILES string of the molecule is CC(=O)NC(C)COc1ccc(-c2nn3cc(OCC4CC4)ccc3c2F)c(F)c1. The minimum atomic E-state index is -0.646. The van der Waals surface area contributed by atoms with Gasteiger partial charge in [0.15, 0.2) is 5.82 Å². The molecule has 8 heteroatoms. The average Bonchev–Trinajstić information content (AvgIpc) is 3.48. The number of ether oxygens (including phenoxy) is 2. The first-order valence-corrected chi connectivity index (χ1v) is 9.91. The molecule has 30 heavy (non-hydrogen) atoms. The van der Waals surface area contributed by atoms with Crippen LogP contribution in [-0.4, -0.2) is 34.8 Å². The lowest BCUT2D eigenvalue weighted by molar-refractivity contribution is -0.119. The number of fused-ring (bicyclic) bond motifs is 1. The predicted octanol–water partition coefficient (Wildman–Crippen LogP) is 3.97. The van der Waals surface area contributed by atoms with Gasteiger partial charge >= 0.3 is 0 Å². The first kappa shape index (κ1) is 20.1. The minimum absolute atomic E-state index is 0.0407. The lowest BCUT2D eigenvalue weighted by atomic mass is 10.1. The Kier molecular flexibility index (Phi) is 5.57. The van der Waals surface area contributed by atoms with Gasteiger partial charge in [-0.25, -0.2) is 13.3 Å². The summed E-state index contributed by atoms with van der Waals surface area (Å²) in [5.74, 6) is 0.0647. The maximum Gasteiger partial charge on any atom is 0.217 e. The number of rotatable bonds is 8. The molecule has 2 heterocycles. The first-order chi connectivity index (χ1) is 14.4. The zero-order valence-corrected chi connectivity index (χ0v) is 16.8. The van der Waals surface area contributed by atoms with E-state index in [0.29, 0.717) is 18.3 Å². The molecule has 0 bridgehead atoms. The monoisotopic (exact) mass is 415 g/mol. The Morgan fingerprint density at radius 1 is 1.23 bits per heavy atom. The minimum Gasteiger partial charge on any atom is -0.492 e. The maximum atomic E-state index is 14.9. The van der Waals surface area contributed by atoms with Crippen molar-refractivity contribution in [3.63, 3.8) is 0 Å². The highest BCUT2D eigenvalue weighted by Gasteiger charge is 2.22. The zero-order valence-electron chi connectivity index (χ0n) is 16.8. The van der Waals surface area contributed by atoms with Crippen LogP contribution in [0.3, 0.4) is 0 Å². The van der Waals surface area contributed by atoms with Crippen molar-refractivity contribution in [1.82, 2.24) is 14.9 Å². The van der Waals surface area contributed by atoms with Crippen molar-refractivity contribution in [2.24, 2.45) is 5.92 Å². The van der Waals surface area contributed by atoms with Gasteiger partial charge in [0.05, 0.1) is 18.8 Å². The Bertz CT molecular complexity index is 1080. The fourth-order valence-electron chi connectivity index (χ4n) is 3.14. The highest BCUT2D eigenvalue weighted by Crippen LogP contribution is 2.32. The number of benzene rings is 1. The molecule has 1 amide bonds. The number of halogens is 2. The molecule has 158 valence electrons. The highest BCUT2D eigenvalue weighted by molar-refractivity contribution is 5.73. The number of nitrogens with zero attached hydrogens (tertiary/aromatic N) is 2. The lowest BCUT2D eigenvalue weighted by Crippen LogP contribution is -2.35. The van der Waals surface area contributed by atoms with Gasteiger partial charge in [-0.1, -0.05) is 0 Å². The Morgan fingerprint density at radius 2 is 2.00 bits per heavy atom. The number of aromatic nitrogens is 2. The zero-order chi connectivity index (χ0) is 21.3. The van der Waals surface area contributed by atoms with Gasteiger partial charge in [-0.2, -0.15) is 5.10 Å². The molecule has 1 N–H and O–H groups in total. The summed E-state index contributed by atoms with van der Waals surface area (Å²) < 4.78 is 42.1. The standard InChI is InChI=1S/C22H23F2N3O3/c1-13(25-14(2)28)11-29-16-5-7-18(19(23)9-16)22-21(24)20-8-6-17(10-27(20)26-22)30-12-15-3-4-15/h5-10,13,15H,3-4,11-12H2,1-2H3,(H,25,28). The van der Waals surface area contributed by atoms with E-state index in [1.165, 1.54) is 36.4 Å². The van der Waals surface area contributed by atoms with Gasteiger partial charge in [0, 0.05) is 18.6 Å². The molecule has 0 saturated heterocycles. The van der Waals surface area contributed by atoms with Gasteiger partial charge in [-0.05, 0) is 49.9 Å². The smallest absolute Gasteiger partial charge is 0.217 e. The van der Waals surface area contributed by atoms with Crippen molar-refractivity contribution in [3.05, 3.63) is 48.2 Å². The van der Waals surface area contributed by atoms with Crippen LogP contribution >= 0.6 is 0 Å². The molecular weight excluding hydrogens is 392 g/mol. The summed E-state index contributed by atoms with van der Waals surface area (Å²) in [6.07, 6.45) is 3.95. The number of hydrogen-bond acceptors (Lipinski definition) is 4. The van der Waals surface area contributed by atoms with E-state index in [-0.39, 0.29) is 41.1 Å². The molecular formula is C22H23F2N3O3. The first-order valence-electron chi connectivity index (χ1n) is 9.91. The van der Waals surface area contributed by atoms with Crippen molar-refractivity contribution >= 4 is 11.4 Å². The van der Waals surface area contributed by atoms with Crippen LogP contribution in [0.25, 0.3) is 16.8 Å². The number of carbonyl (C=O) groups excluding carboxylic acids is 1. The molecule has 3 aromatic rings. The third kappa shape index (κ3) is 4.53. The molecule has 1 aliphatic carbocycles. The normalized spacial score (nSPS) is 14.5. The van der Waals surface area contributed by atoms with E-state index in [2.05, 4.69) is 10.4 Å². The van der Waals surface area contributed by atoms with Gasteiger partial charge < -0.3 is 14.8 Å². The number of pyridine rings is 1. The molecule has 4 rings (SSSR count). The molecule has 0 spiro atoms. The molecule has 1 aliphatic rings. The molecule has 1 fully saturated rings. The van der Waals surface area contributed by atoms with E-state index in [4.69, 9.17) is 9.47 Å². The molecule has 1 saturated carbocycles. The van der Waals surface area contributed by atoms with Gasteiger partial charge in [0.2, 0.25) is 5.91 Å². The van der Waals surface area contributed by atoms with E-state index in [0.717, 1.165) is 0 Å². The Labute approximate surface area is 172 Å². The second-order valence-electron chi connectivity index (χ2n) is 7.67. The molecule has 1 aromatic carbocycles. The van der Waals surface area contributed by atoms with E-state index in [1.807, 2.05) is 0 Å². The quantitative estimate of drug-likeness (QED) is 0.605. The summed E-state index contributed by atoms with van der Waals surface area (Å²) in [5.41, 5.74) is 0.205. The van der Waals surface area contributed by atoms with E-state index in [1.54, 1.807) is 31.3 Å². The topological polar surface area (TPSA) is 64.9 Å². The van der Waals surface area contributed by atoms with E-state index >= 15 is 0 Å². The Morgan fingerprint density at radius 3 is 2.70 bits per heavy atom. The molecule has 1 unspecified atom stereocenters. The van der Waals surface area contributed by atoms with Crippen molar-refractivity contribution in [2.75, 3.05) is 13.2 Å². The fourth-order valence-corrected chi connectivity index (χ4v) is 3.14. The summed E-state index contributed by atoms with van der Waals surface area (Å²) >= 11 is 0. The maximum absolute atomic E-state index is 14.9. The van der Waals surface area contributed by atoms with Gasteiger partial charge in [-0.15, -0.1) is 0 Å². The van der Waals surface area contributed by atoms with Crippen molar-refractivity contribution in [3.8, 4) is 22.8 Å². The number of hydrogen-bond donors (Lipinski definition) is 1. The summed E-state index contributed by atoms with van der Waals surface area (Å²) in [4.78, 5) is 11.0. The number of amides is 1. The van der Waals surface area contributed by atoms with E-state index < -0.39 is 11.6 Å². The van der Waals surface area contributed by atoms with Crippen LogP contribution in [0.15, 0.2) is 36.5 Å². The molecule has 0 aliphatic heterocycles. The molecule has 2 aromatic heterocycles. The van der Waals surface area contributed by atoms with Gasteiger partial charge in [0.1, 0.15) is 35.1 Å². The van der Waals surface area contributed by atoms with Crippen LogP contribution in [-0.2, 0) is 4.79 Å². The molecule has 0 radical (unpaired) electrons. The molecule has 1 atom stereocenters. The average molecular weight is 415 g/mol. The highest BCUT2D eigenvalue weighted by atomic mass is 19.1. The van der Waals surface area contributed by atoms with Crippen LogP contribution in [0.2, 0.25) is 0 Å². The summed E-state index contributed by atoms with van der Waals surface area (Å²) in [5, 5.41) is 6.90. The number of carbonyl (C=O) groups is 1. The predicted molar refractivity (Wildman–Crippen MR) is 108 cm³/mol. The lowest BCUT2D eigenvalue weighted by Gasteiger charge is -2.14. The third-order valence-electron chi connectivity index (χ3n) is 4.87. The largest absolute Gasteiger partial charge is 0.492 e. The fraction of sp³-hybridized carbons (Fsp3) is 0.364. The van der Waals surface area contributed by atoms with Gasteiger partial charge in [-0.3, -0.25) is 4.79 Å². The van der Waals surface area contributed by atoms with Crippen molar-refractivity contribution < 1.29 is 23.0 Å². The molecule has 6 nitrogen and oxygen atoms in total. The third-order valence-corrected chi connectivity index (χ3v) is 4.87. The van der Waals surface area contributed by atoms with Gasteiger partial charge in [0.25, 0.3) is 0 Å². The summed E-state index contributed by atoms with van der Waals surface area (Å²) in [7, 11) is 0. The number of nitrogens with one attached hydrogen (secondary N) is 1. The summed E-state index contributed by atoms with van der Waals surface area (Å²) in [6.45, 7) is 4.01. The second-order valence-corrected chi connectivity index (χ2v) is 7.67. The van der Waals surface area contributed by atoms with Crippen LogP contribution < -0.4 is 14.8 Å². The van der Waals surface area contributed by atoms with Crippen molar-refractivity contribution in [2.45, 2.75) is 32.7 Å². The van der Waals surface area contributed by atoms with Crippen LogP contribution in [0.1, 0.15) is 26.7 Å². The van der Waals surface area contributed by atoms with Crippen LogP contribution in [0, 0.1) is 17.6 Å². The Balaban J connectivity index is 1.52. The van der Waals surface area contributed by atoms with Crippen molar-refractivity contribution in [1.29, 1.82) is 0 Å². The Hall–Kier alpha value is -3.16.